The van der Waals surface area contributed by atoms with Crippen molar-refractivity contribution in [2.75, 3.05) is 19.6 Å². The molecule has 1 fully saturated rings. The Morgan fingerprint density at radius 3 is 2.55 bits per heavy atom. The van der Waals surface area contributed by atoms with Crippen molar-refractivity contribution >= 4 is 11.6 Å². The Bertz CT molecular complexity index is 539. The smallest absolute Gasteiger partial charge is 0.0449 e. The van der Waals surface area contributed by atoms with Gasteiger partial charge in [-0.15, -0.1) is 0 Å². The van der Waals surface area contributed by atoms with Gasteiger partial charge in [0.1, 0.15) is 0 Å². The molecule has 1 unspecified atom stereocenters. The summed E-state index contributed by atoms with van der Waals surface area (Å²) in [5.41, 5.74) is 2.69. The Morgan fingerprint density at radius 1 is 1.05 bits per heavy atom. The summed E-state index contributed by atoms with van der Waals surface area (Å²) in [7, 11) is 0. The van der Waals surface area contributed by atoms with Gasteiger partial charge in [-0.25, -0.2) is 0 Å². The van der Waals surface area contributed by atoms with Crippen LogP contribution in [-0.2, 0) is 6.54 Å². The fourth-order valence-corrected chi connectivity index (χ4v) is 2.84. The van der Waals surface area contributed by atoms with Gasteiger partial charge >= 0.3 is 0 Å². The topological polar surface area (TPSA) is 15.3 Å². The van der Waals surface area contributed by atoms with Crippen molar-refractivity contribution in [3.8, 4) is 0 Å². The summed E-state index contributed by atoms with van der Waals surface area (Å²) in [5, 5.41) is 4.40. The third-order valence-electron chi connectivity index (χ3n) is 3.78. The summed E-state index contributed by atoms with van der Waals surface area (Å²) in [6.45, 7) is 4.16. The van der Waals surface area contributed by atoms with E-state index in [2.05, 4.69) is 52.7 Å². The SMILES string of the molecule is Clc1ccc(CN2CCNC(c3ccccc3)C2)cc1. The van der Waals surface area contributed by atoms with Gasteiger partial charge in [-0.1, -0.05) is 54.1 Å². The summed E-state index contributed by atoms with van der Waals surface area (Å²) in [6, 6.07) is 19.3. The first kappa shape index (κ1) is 13.6. The van der Waals surface area contributed by atoms with Crippen LogP contribution in [-0.4, -0.2) is 24.5 Å². The fraction of sp³-hybridized carbons (Fsp3) is 0.294. The van der Waals surface area contributed by atoms with Gasteiger partial charge in [0.25, 0.3) is 0 Å². The number of piperazine rings is 1. The zero-order valence-electron chi connectivity index (χ0n) is 11.4. The summed E-state index contributed by atoms with van der Waals surface area (Å²) >= 11 is 5.93. The van der Waals surface area contributed by atoms with Crippen LogP contribution in [0, 0.1) is 0 Å². The van der Waals surface area contributed by atoms with E-state index < -0.39 is 0 Å². The van der Waals surface area contributed by atoms with Crippen LogP contribution in [0.25, 0.3) is 0 Å². The Labute approximate surface area is 125 Å². The van der Waals surface area contributed by atoms with E-state index in [4.69, 9.17) is 11.6 Å². The van der Waals surface area contributed by atoms with Gasteiger partial charge in [-0.05, 0) is 23.3 Å². The van der Waals surface area contributed by atoms with Gasteiger partial charge < -0.3 is 5.32 Å². The predicted octanol–water partition coefficient (Wildman–Crippen LogP) is 3.49. The first-order valence-electron chi connectivity index (χ1n) is 7.06. The molecule has 0 aromatic heterocycles. The molecule has 1 N–H and O–H groups in total. The lowest BCUT2D eigenvalue weighted by Crippen LogP contribution is -2.45. The summed E-state index contributed by atoms with van der Waals surface area (Å²) < 4.78 is 0. The molecule has 0 aliphatic carbocycles. The molecule has 0 radical (unpaired) electrons. The van der Waals surface area contributed by atoms with Crippen molar-refractivity contribution in [1.29, 1.82) is 0 Å². The van der Waals surface area contributed by atoms with Crippen molar-refractivity contribution in [3.63, 3.8) is 0 Å². The maximum absolute atomic E-state index is 5.93. The molecule has 1 heterocycles. The summed E-state index contributed by atoms with van der Waals surface area (Å²) in [6.07, 6.45) is 0. The maximum Gasteiger partial charge on any atom is 0.0449 e. The highest BCUT2D eigenvalue weighted by Gasteiger charge is 2.20. The van der Waals surface area contributed by atoms with E-state index in [0.29, 0.717) is 6.04 Å². The molecule has 20 heavy (non-hydrogen) atoms. The number of halogens is 1. The standard InChI is InChI=1S/C17H19ClN2/c18-16-8-6-14(7-9-16)12-20-11-10-19-17(13-20)15-4-2-1-3-5-15/h1-9,17,19H,10-13H2. The van der Waals surface area contributed by atoms with Crippen LogP contribution in [0.15, 0.2) is 54.6 Å². The average Bonchev–Trinajstić information content (AvgIpc) is 2.51. The van der Waals surface area contributed by atoms with Gasteiger partial charge in [-0.2, -0.15) is 0 Å². The first-order valence-corrected chi connectivity index (χ1v) is 7.44. The van der Waals surface area contributed by atoms with Gasteiger partial charge in [0.15, 0.2) is 0 Å². The van der Waals surface area contributed by atoms with Gasteiger partial charge in [0.05, 0.1) is 0 Å². The third kappa shape index (κ3) is 3.40. The molecule has 2 aromatic rings. The Hall–Kier alpha value is -1.35. The molecule has 0 amide bonds. The van der Waals surface area contributed by atoms with E-state index in [0.717, 1.165) is 31.2 Å². The van der Waals surface area contributed by atoms with Crippen LogP contribution in [0.5, 0.6) is 0 Å². The molecule has 0 spiro atoms. The lowest BCUT2D eigenvalue weighted by molar-refractivity contribution is 0.193. The second-order valence-electron chi connectivity index (χ2n) is 5.28. The van der Waals surface area contributed by atoms with Crippen molar-refractivity contribution in [2.24, 2.45) is 0 Å². The highest BCUT2D eigenvalue weighted by Crippen LogP contribution is 2.19. The number of hydrogen-bond donors (Lipinski definition) is 1. The van der Waals surface area contributed by atoms with E-state index in [9.17, 15) is 0 Å². The molecule has 104 valence electrons. The minimum absolute atomic E-state index is 0.428. The molecule has 1 aliphatic heterocycles. The predicted molar refractivity (Wildman–Crippen MR) is 83.9 cm³/mol. The van der Waals surface area contributed by atoms with E-state index in [1.807, 2.05) is 12.1 Å². The number of hydrogen-bond acceptors (Lipinski definition) is 2. The van der Waals surface area contributed by atoms with E-state index in [-0.39, 0.29) is 0 Å². The molecule has 0 saturated carbocycles. The molecular weight excluding hydrogens is 268 g/mol. The van der Waals surface area contributed by atoms with Crippen LogP contribution in [0.3, 0.4) is 0 Å². The molecule has 1 atom stereocenters. The number of benzene rings is 2. The molecule has 1 aliphatic rings. The zero-order chi connectivity index (χ0) is 13.8. The van der Waals surface area contributed by atoms with Crippen LogP contribution >= 0.6 is 11.6 Å². The maximum atomic E-state index is 5.93. The third-order valence-corrected chi connectivity index (χ3v) is 4.03. The van der Waals surface area contributed by atoms with E-state index in [1.165, 1.54) is 11.1 Å². The zero-order valence-corrected chi connectivity index (χ0v) is 12.2. The highest BCUT2D eigenvalue weighted by atomic mass is 35.5. The highest BCUT2D eigenvalue weighted by molar-refractivity contribution is 6.30. The first-order chi connectivity index (χ1) is 9.81. The van der Waals surface area contributed by atoms with Crippen LogP contribution in [0.4, 0.5) is 0 Å². The second kappa shape index (κ2) is 6.40. The Morgan fingerprint density at radius 2 is 1.80 bits per heavy atom. The van der Waals surface area contributed by atoms with Crippen molar-refractivity contribution in [1.82, 2.24) is 10.2 Å². The normalized spacial score (nSPS) is 19.9. The Balaban J connectivity index is 1.65. The minimum atomic E-state index is 0.428. The number of rotatable bonds is 3. The van der Waals surface area contributed by atoms with Crippen molar-refractivity contribution in [3.05, 3.63) is 70.7 Å². The van der Waals surface area contributed by atoms with Crippen LogP contribution in [0.2, 0.25) is 5.02 Å². The molecule has 3 rings (SSSR count). The number of nitrogens with one attached hydrogen (secondary N) is 1. The second-order valence-corrected chi connectivity index (χ2v) is 5.72. The van der Waals surface area contributed by atoms with Crippen LogP contribution < -0.4 is 5.32 Å². The van der Waals surface area contributed by atoms with Gasteiger partial charge in [0.2, 0.25) is 0 Å². The quantitative estimate of drug-likeness (QED) is 0.929. The molecule has 2 nitrogen and oxygen atoms in total. The molecular formula is C17H19ClN2. The fourth-order valence-electron chi connectivity index (χ4n) is 2.71. The average molecular weight is 287 g/mol. The summed E-state index contributed by atoms with van der Waals surface area (Å²) in [5.74, 6) is 0. The lowest BCUT2D eigenvalue weighted by atomic mass is 10.0. The van der Waals surface area contributed by atoms with Crippen molar-refractivity contribution < 1.29 is 0 Å². The van der Waals surface area contributed by atoms with Crippen molar-refractivity contribution in [2.45, 2.75) is 12.6 Å². The Kier molecular flexibility index (Phi) is 4.36. The lowest BCUT2D eigenvalue weighted by Gasteiger charge is -2.34. The molecule has 2 aromatic carbocycles. The van der Waals surface area contributed by atoms with E-state index >= 15 is 0 Å². The van der Waals surface area contributed by atoms with Gasteiger partial charge in [0, 0.05) is 37.2 Å². The van der Waals surface area contributed by atoms with Gasteiger partial charge in [-0.3, -0.25) is 4.90 Å². The van der Waals surface area contributed by atoms with E-state index in [1.54, 1.807) is 0 Å². The minimum Gasteiger partial charge on any atom is -0.308 e. The molecule has 3 heteroatoms. The number of nitrogens with zero attached hydrogens (tertiary/aromatic N) is 1. The monoisotopic (exact) mass is 286 g/mol. The van der Waals surface area contributed by atoms with Crippen LogP contribution in [0.1, 0.15) is 17.2 Å². The largest absolute Gasteiger partial charge is 0.308 e. The summed E-state index contributed by atoms with van der Waals surface area (Å²) in [4.78, 5) is 2.50. The molecule has 0 bridgehead atoms. The molecule has 1 saturated heterocycles.